The Morgan fingerprint density at radius 1 is 1.11 bits per heavy atom. The Balaban J connectivity index is 2.01. The third kappa shape index (κ3) is 7.53. The van der Waals surface area contributed by atoms with E-state index in [2.05, 4.69) is 32.7 Å². The minimum atomic E-state index is 0.240. The summed E-state index contributed by atoms with van der Waals surface area (Å²) >= 11 is 0. The van der Waals surface area contributed by atoms with Crippen LogP contribution in [-0.4, -0.2) is 62.1 Å². The number of piperazine rings is 1. The predicted octanol–water partition coefficient (Wildman–Crippen LogP) is 1.99. The van der Waals surface area contributed by atoms with E-state index in [1.54, 1.807) is 0 Å². The van der Waals surface area contributed by atoms with Crippen LogP contribution in [-0.2, 0) is 9.53 Å². The Bertz CT molecular complexity index is 266. The molecule has 0 spiro atoms. The van der Waals surface area contributed by atoms with E-state index in [1.165, 1.54) is 6.42 Å². The molecule has 0 saturated carbocycles. The van der Waals surface area contributed by atoms with Crippen LogP contribution in [0.2, 0.25) is 0 Å². The van der Waals surface area contributed by atoms with Crippen LogP contribution in [0.25, 0.3) is 0 Å². The molecule has 4 nitrogen and oxygen atoms in total. The number of amides is 1. The first-order valence-corrected chi connectivity index (χ1v) is 7.42. The van der Waals surface area contributed by atoms with Gasteiger partial charge in [-0.1, -0.05) is 20.8 Å². The maximum atomic E-state index is 11.9. The summed E-state index contributed by atoms with van der Waals surface area (Å²) in [7, 11) is 2.10. The minimum absolute atomic E-state index is 0.240. The molecule has 1 fully saturated rings. The molecule has 1 heterocycles. The lowest BCUT2D eigenvalue weighted by atomic mass is 9.91. The Labute approximate surface area is 118 Å². The average molecular weight is 270 g/mol. The summed E-state index contributed by atoms with van der Waals surface area (Å²) in [4.78, 5) is 16.1. The summed E-state index contributed by atoms with van der Waals surface area (Å²) in [5, 5.41) is 0. The number of hydrogen-bond acceptors (Lipinski definition) is 3. The fraction of sp³-hybridized carbons (Fsp3) is 0.933. The lowest BCUT2D eigenvalue weighted by Gasteiger charge is -2.32. The van der Waals surface area contributed by atoms with Gasteiger partial charge in [0.2, 0.25) is 5.91 Å². The summed E-state index contributed by atoms with van der Waals surface area (Å²) in [6.45, 7) is 11.7. The van der Waals surface area contributed by atoms with Crippen molar-refractivity contribution in [1.29, 1.82) is 0 Å². The summed E-state index contributed by atoms with van der Waals surface area (Å²) in [5.41, 5.74) is 0.374. The van der Waals surface area contributed by atoms with Crippen molar-refractivity contribution in [2.45, 2.75) is 40.0 Å². The number of nitrogens with zero attached hydrogens (tertiary/aromatic N) is 2. The van der Waals surface area contributed by atoms with E-state index in [4.69, 9.17) is 4.74 Å². The van der Waals surface area contributed by atoms with Gasteiger partial charge >= 0.3 is 0 Å². The van der Waals surface area contributed by atoms with Crippen LogP contribution < -0.4 is 0 Å². The molecular formula is C15H30N2O2. The first-order chi connectivity index (χ1) is 8.88. The quantitative estimate of drug-likeness (QED) is 0.692. The molecule has 0 aliphatic carbocycles. The molecule has 0 radical (unpaired) electrons. The molecule has 1 saturated heterocycles. The molecule has 0 N–H and O–H groups in total. The minimum Gasteiger partial charge on any atom is -0.381 e. The first kappa shape index (κ1) is 16.4. The molecule has 19 heavy (non-hydrogen) atoms. The van der Waals surface area contributed by atoms with Gasteiger partial charge in [-0.3, -0.25) is 4.79 Å². The van der Waals surface area contributed by atoms with Gasteiger partial charge in [-0.2, -0.15) is 0 Å². The largest absolute Gasteiger partial charge is 0.381 e. The second kappa shape index (κ2) is 7.85. The van der Waals surface area contributed by atoms with E-state index in [0.717, 1.165) is 39.2 Å². The third-order valence-electron chi connectivity index (χ3n) is 3.53. The highest BCUT2D eigenvalue weighted by molar-refractivity contribution is 5.76. The Kier molecular flexibility index (Phi) is 6.80. The SMILES string of the molecule is CN1CCN(C(=O)CCOCCCC(C)(C)C)CC1. The number of hydrogen-bond donors (Lipinski definition) is 0. The van der Waals surface area contributed by atoms with Gasteiger partial charge in [-0.05, 0) is 25.3 Å². The van der Waals surface area contributed by atoms with Crippen molar-refractivity contribution in [3.63, 3.8) is 0 Å². The molecule has 4 heteroatoms. The van der Waals surface area contributed by atoms with Crippen molar-refractivity contribution in [2.75, 3.05) is 46.4 Å². The molecule has 1 rings (SSSR count). The van der Waals surface area contributed by atoms with E-state index >= 15 is 0 Å². The molecule has 1 aliphatic rings. The fourth-order valence-corrected chi connectivity index (χ4v) is 2.18. The monoisotopic (exact) mass is 270 g/mol. The van der Waals surface area contributed by atoms with E-state index in [-0.39, 0.29) is 5.91 Å². The van der Waals surface area contributed by atoms with Gasteiger partial charge in [0, 0.05) is 32.8 Å². The van der Waals surface area contributed by atoms with Crippen molar-refractivity contribution < 1.29 is 9.53 Å². The molecule has 0 aromatic rings. The van der Waals surface area contributed by atoms with Gasteiger partial charge in [0.15, 0.2) is 0 Å². The number of carbonyl (C=O) groups is 1. The number of ether oxygens (including phenoxy) is 1. The second-order valence-electron chi connectivity index (χ2n) is 6.71. The predicted molar refractivity (Wildman–Crippen MR) is 78.2 cm³/mol. The van der Waals surface area contributed by atoms with E-state index in [9.17, 15) is 4.79 Å². The normalized spacial score (nSPS) is 17.8. The molecule has 0 bridgehead atoms. The van der Waals surface area contributed by atoms with Crippen LogP contribution >= 0.6 is 0 Å². The molecule has 1 aliphatic heterocycles. The van der Waals surface area contributed by atoms with Gasteiger partial charge in [0.25, 0.3) is 0 Å². The summed E-state index contributed by atoms with van der Waals surface area (Å²) in [6, 6.07) is 0. The van der Waals surface area contributed by atoms with Crippen molar-refractivity contribution in [3.05, 3.63) is 0 Å². The molecule has 0 unspecified atom stereocenters. The molecular weight excluding hydrogens is 240 g/mol. The number of rotatable bonds is 6. The van der Waals surface area contributed by atoms with Crippen LogP contribution in [0.15, 0.2) is 0 Å². The smallest absolute Gasteiger partial charge is 0.224 e. The van der Waals surface area contributed by atoms with Gasteiger partial charge in [0.05, 0.1) is 13.0 Å². The number of likely N-dealkylation sites (N-methyl/N-ethyl adjacent to an activating group) is 1. The number of carbonyl (C=O) groups excluding carboxylic acids is 1. The second-order valence-corrected chi connectivity index (χ2v) is 6.71. The molecule has 112 valence electrons. The Morgan fingerprint density at radius 2 is 1.74 bits per heavy atom. The van der Waals surface area contributed by atoms with Gasteiger partial charge < -0.3 is 14.5 Å². The Hall–Kier alpha value is -0.610. The average Bonchev–Trinajstić information content (AvgIpc) is 2.33. The molecule has 0 aromatic carbocycles. The van der Waals surface area contributed by atoms with E-state index < -0.39 is 0 Å². The van der Waals surface area contributed by atoms with Gasteiger partial charge in [-0.15, -0.1) is 0 Å². The van der Waals surface area contributed by atoms with Crippen molar-refractivity contribution in [3.8, 4) is 0 Å². The first-order valence-electron chi connectivity index (χ1n) is 7.42. The van der Waals surface area contributed by atoms with Gasteiger partial charge in [-0.25, -0.2) is 0 Å². The van der Waals surface area contributed by atoms with Crippen LogP contribution in [0.4, 0.5) is 0 Å². The highest BCUT2D eigenvalue weighted by Crippen LogP contribution is 2.20. The van der Waals surface area contributed by atoms with Crippen LogP contribution in [0, 0.1) is 5.41 Å². The zero-order valence-electron chi connectivity index (χ0n) is 13.1. The van der Waals surface area contributed by atoms with Gasteiger partial charge in [0.1, 0.15) is 0 Å². The standard InChI is InChI=1S/C15H30N2O2/c1-15(2,3)7-5-12-19-13-6-14(18)17-10-8-16(4)9-11-17/h5-13H2,1-4H3. The Morgan fingerprint density at radius 3 is 2.32 bits per heavy atom. The fourth-order valence-electron chi connectivity index (χ4n) is 2.18. The lowest BCUT2D eigenvalue weighted by molar-refractivity contribution is -0.133. The molecule has 1 amide bonds. The van der Waals surface area contributed by atoms with Crippen LogP contribution in [0.3, 0.4) is 0 Å². The van der Waals surface area contributed by atoms with Crippen molar-refractivity contribution in [2.24, 2.45) is 5.41 Å². The van der Waals surface area contributed by atoms with Crippen molar-refractivity contribution >= 4 is 5.91 Å². The summed E-state index contributed by atoms with van der Waals surface area (Å²) in [5.74, 6) is 0.240. The molecule has 0 aromatic heterocycles. The van der Waals surface area contributed by atoms with Crippen molar-refractivity contribution in [1.82, 2.24) is 9.80 Å². The highest BCUT2D eigenvalue weighted by atomic mass is 16.5. The summed E-state index contributed by atoms with van der Waals surface area (Å²) < 4.78 is 5.55. The summed E-state index contributed by atoms with van der Waals surface area (Å²) in [6.07, 6.45) is 2.77. The van der Waals surface area contributed by atoms with E-state index in [1.807, 2.05) is 4.90 Å². The zero-order chi connectivity index (χ0) is 14.3. The zero-order valence-corrected chi connectivity index (χ0v) is 13.1. The third-order valence-corrected chi connectivity index (χ3v) is 3.53. The topological polar surface area (TPSA) is 32.8 Å². The van der Waals surface area contributed by atoms with Crippen LogP contribution in [0.1, 0.15) is 40.0 Å². The maximum absolute atomic E-state index is 11.9. The lowest BCUT2D eigenvalue weighted by Crippen LogP contribution is -2.47. The maximum Gasteiger partial charge on any atom is 0.224 e. The molecule has 0 atom stereocenters. The van der Waals surface area contributed by atoms with Crippen LogP contribution in [0.5, 0.6) is 0 Å². The highest BCUT2D eigenvalue weighted by Gasteiger charge is 2.18. The van der Waals surface area contributed by atoms with E-state index in [0.29, 0.717) is 18.4 Å².